The second kappa shape index (κ2) is 6.68. The van der Waals surface area contributed by atoms with Gasteiger partial charge in [-0.3, -0.25) is 4.79 Å². The Morgan fingerprint density at radius 3 is 2.59 bits per heavy atom. The molecule has 120 valence electrons. The molecular weight excluding hydrogens is 286 g/mol. The molecule has 2 rings (SSSR count). The van der Waals surface area contributed by atoms with E-state index in [2.05, 4.69) is 5.32 Å². The van der Waals surface area contributed by atoms with Crippen LogP contribution in [0, 0.1) is 0 Å². The van der Waals surface area contributed by atoms with Gasteiger partial charge in [0.2, 0.25) is 5.91 Å². The summed E-state index contributed by atoms with van der Waals surface area (Å²) in [5.74, 6) is 0.0647. The van der Waals surface area contributed by atoms with Gasteiger partial charge in [0, 0.05) is 12.8 Å². The number of carboxylic acid groups (broad SMARTS) is 1. The lowest BCUT2D eigenvalue weighted by molar-refractivity contribution is -0.146. The topological polar surface area (TPSA) is 84.9 Å². The van der Waals surface area contributed by atoms with Crippen LogP contribution in [0.25, 0.3) is 0 Å². The molecule has 0 saturated carbocycles. The van der Waals surface area contributed by atoms with Crippen molar-refractivity contribution < 1.29 is 24.2 Å². The highest BCUT2D eigenvalue weighted by molar-refractivity contribution is 5.86. The number of amides is 1. The average molecular weight is 307 g/mol. The van der Waals surface area contributed by atoms with E-state index < -0.39 is 11.5 Å². The third-order valence-electron chi connectivity index (χ3n) is 3.44. The van der Waals surface area contributed by atoms with E-state index in [9.17, 15) is 9.59 Å². The van der Waals surface area contributed by atoms with Crippen LogP contribution in [-0.4, -0.2) is 35.7 Å². The Morgan fingerprint density at radius 1 is 1.23 bits per heavy atom. The Kier molecular flexibility index (Phi) is 4.90. The first-order valence-electron chi connectivity index (χ1n) is 7.31. The minimum atomic E-state index is -1.26. The summed E-state index contributed by atoms with van der Waals surface area (Å²) in [4.78, 5) is 22.8. The minimum Gasteiger partial charge on any atom is -0.490 e. The molecule has 1 aromatic carbocycles. The maximum Gasteiger partial charge on any atom is 0.328 e. The second-order valence-electron chi connectivity index (χ2n) is 5.81. The van der Waals surface area contributed by atoms with E-state index in [0.717, 1.165) is 17.7 Å². The van der Waals surface area contributed by atoms with Gasteiger partial charge in [-0.1, -0.05) is 6.07 Å². The van der Waals surface area contributed by atoms with E-state index >= 15 is 0 Å². The molecule has 0 atom stereocenters. The molecule has 0 spiro atoms. The molecule has 0 bridgehead atoms. The summed E-state index contributed by atoms with van der Waals surface area (Å²) in [6.07, 6.45) is 1.57. The fourth-order valence-corrected chi connectivity index (χ4v) is 2.09. The zero-order chi connectivity index (χ0) is 16.2. The molecule has 1 aliphatic heterocycles. The SMILES string of the molecule is CC(C)(NC(=O)CCc1ccc2c(c1)OCCCO2)C(=O)O. The average Bonchev–Trinajstić information content (AvgIpc) is 2.69. The molecule has 2 N–H and O–H groups in total. The number of aliphatic carboxylic acids is 1. The summed E-state index contributed by atoms with van der Waals surface area (Å²) >= 11 is 0. The van der Waals surface area contributed by atoms with Gasteiger partial charge in [-0.05, 0) is 38.0 Å². The predicted octanol–water partition coefficient (Wildman–Crippen LogP) is 1.76. The van der Waals surface area contributed by atoms with Crippen molar-refractivity contribution in [3.8, 4) is 11.5 Å². The normalized spacial score (nSPS) is 14.1. The molecule has 6 nitrogen and oxygen atoms in total. The first-order chi connectivity index (χ1) is 10.4. The Balaban J connectivity index is 1.93. The van der Waals surface area contributed by atoms with Gasteiger partial charge >= 0.3 is 5.97 Å². The van der Waals surface area contributed by atoms with E-state index in [-0.39, 0.29) is 12.3 Å². The summed E-state index contributed by atoms with van der Waals surface area (Å²) in [5.41, 5.74) is -0.311. The van der Waals surface area contributed by atoms with Gasteiger partial charge in [-0.25, -0.2) is 4.79 Å². The molecule has 1 amide bonds. The molecule has 0 aliphatic carbocycles. The Morgan fingerprint density at radius 2 is 1.91 bits per heavy atom. The van der Waals surface area contributed by atoms with Crippen molar-refractivity contribution in [1.29, 1.82) is 0 Å². The molecule has 1 heterocycles. The standard InChI is InChI=1S/C16H21NO5/c1-16(2,15(19)20)17-14(18)7-5-11-4-6-12-13(10-11)22-9-3-8-21-12/h4,6,10H,3,5,7-9H2,1-2H3,(H,17,18)(H,19,20). The molecule has 0 saturated heterocycles. The van der Waals surface area contributed by atoms with Gasteiger partial charge in [0.05, 0.1) is 13.2 Å². The van der Waals surface area contributed by atoms with Gasteiger partial charge < -0.3 is 19.9 Å². The number of nitrogens with one attached hydrogen (secondary N) is 1. The number of hydrogen-bond donors (Lipinski definition) is 2. The molecule has 0 unspecified atom stereocenters. The van der Waals surface area contributed by atoms with Crippen LogP contribution in [0.1, 0.15) is 32.3 Å². The van der Waals surface area contributed by atoms with Crippen LogP contribution >= 0.6 is 0 Å². The highest BCUT2D eigenvalue weighted by Gasteiger charge is 2.28. The number of benzene rings is 1. The number of carboxylic acids is 1. The third-order valence-corrected chi connectivity index (χ3v) is 3.44. The summed E-state index contributed by atoms with van der Waals surface area (Å²) in [6, 6.07) is 5.61. The van der Waals surface area contributed by atoms with Crippen LogP contribution in [0.3, 0.4) is 0 Å². The molecule has 0 fully saturated rings. The summed E-state index contributed by atoms with van der Waals surface area (Å²) < 4.78 is 11.2. The summed E-state index contributed by atoms with van der Waals surface area (Å²) in [6.45, 7) is 4.17. The number of rotatable bonds is 5. The van der Waals surface area contributed by atoms with Crippen molar-refractivity contribution in [2.75, 3.05) is 13.2 Å². The fraction of sp³-hybridized carbons (Fsp3) is 0.500. The highest BCUT2D eigenvalue weighted by atomic mass is 16.5. The first-order valence-corrected chi connectivity index (χ1v) is 7.31. The zero-order valence-electron chi connectivity index (χ0n) is 12.8. The van der Waals surface area contributed by atoms with Crippen molar-refractivity contribution in [2.24, 2.45) is 0 Å². The molecule has 0 aromatic heterocycles. The number of hydrogen-bond acceptors (Lipinski definition) is 4. The molecular formula is C16H21NO5. The zero-order valence-corrected chi connectivity index (χ0v) is 12.8. The van der Waals surface area contributed by atoms with Gasteiger partial charge in [-0.2, -0.15) is 0 Å². The van der Waals surface area contributed by atoms with E-state index in [4.69, 9.17) is 14.6 Å². The van der Waals surface area contributed by atoms with Crippen molar-refractivity contribution in [1.82, 2.24) is 5.32 Å². The van der Waals surface area contributed by atoms with E-state index in [0.29, 0.717) is 25.4 Å². The van der Waals surface area contributed by atoms with Crippen molar-refractivity contribution in [2.45, 2.75) is 38.6 Å². The number of carbonyl (C=O) groups is 2. The lowest BCUT2D eigenvalue weighted by Crippen LogP contribution is -2.49. The first kappa shape index (κ1) is 16.1. The maximum atomic E-state index is 11.8. The van der Waals surface area contributed by atoms with Crippen molar-refractivity contribution in [3.63, 3.8) is 0 Å². The van der Waals surface area contributed by atoms with Crippen LogP contribution in [0.2, 0.25) is 0 Å². The molecule has 1 aliphatic rings. The quantitative estimate of drug-likeness (QED) is 0.866. The predicted molar refractivity (Wildman–Crippen MR) is 80.2 cm³/mol. The van der Waals surface area contributed by atoms with Gasteiger partial charge in [0.15, 0.2) is 11.5 Å². The molecule has 22 heavy (non-hydrogen) atoms. The second-order valence-corrected chi connectivity index (χ2v) is 5.81. The van der Waals surface area contributed by atoms with Crippen LogP contribution in [-0.2, 0) is 16.0 Å². The lowest BCUT2D eigenvalue weighted by Gasteiger charge is -2.20. The minimum absolute atomic E-state index is 0.219. The Labute approximate surface area is 129 Å². The lowest BCUT2D eigenvalue weighted by atomic mass is 10.0. The van der Waals surface area contributed by atoms with E-state index in [1.165, 1.54) is 13.8 Å². The molecule has 0 radical (unpaired) electrons. The number of aryl methyl sites for hydroxylation is 1. The fourth-order valence-electron chi connectivity index (χ4n) is 2.09. The largest absolute Gasteiger partial charge is 0.490 e. The number of fused-ring (bicyclic) bond motifs is 1. The Bertz CT molecular complexity index is 568. The van der Waals surface area contributed by atoms with Crippen LogP contribution in [0.4, 0.5) is 0 Å². The molecule has 1 aromatic rings. The van der Waals surface area contributed by atoms with Gasteiger partial charge in [0.1, 0.15) is 5.54 Å². The Hall–Kier alpha value is -2.24. The van der Waals surface area contributed by atoms with Crippen molar-refractivity contribution in [3.05, 3.63) is 23.8 Å². The number of carbonyl (C=O) groups excluding carboxylic acids is 1. The van der Waals surface area contributed by atoms with Crippen LogP contribution in [0.15, 0.2) is 18.2 Å². The van der Waals surface area contributed by atoms with E-state index in [1.54, 1.807) is 0 Å². The summed E-state index contributed by atoms with van der Waals surface area (Å²) in [7, 11) is 0. The number of ether oxygens (including phenoxy) is 2. The molecule has 6 heteroatoms. The van der Waals surface area contributed by atoms with E-state index in [1.807, 2.05) is 18.2 Å². The van der Waals surface area contributed by atoms with Crippen LogP contribution < -0.4 is 14.8 Å². The highest BCUT2D eigenvalue weighted by Crippen LogP contribution is 2.30. The smallest absolute Gasteiger partial charge is 0.328 e. The monoisotopic (exact) mass is 307 g/mol. The van der Waals surface area contributed by atoms with Gasteiger partial charge in [-0.15, -0.1) is 0 Å². The summed E-state index contributed by atoms with van der Waals surface area (Å²) in [5, 5.41) is 11.5. The third kappa shape index (κ3) is 4.13. The maximum absolute atomic E-state index is 11.8. The van der Waals surface area contributed by atoms with Crippen molar-refractivity contribution >= 4 is 11.9 Å². The van der Waals surface area contributed by atoms with Crippen LogP contribution in [0.5, 0.6) is 11.5 Å². The van der Waals surface area contributed by atoms with Gasteiger partial charge in [0.25, 0.3) is 0 Å².